The van der Waals surface area contributed by atoms with E-state index in [-0.39, 0.29) is 4.90 Å². The van der Waals surface area contributed by atoms with Crippen LogP contribution in [0.2, 0.25) is 0 Å². The molecule has 0 spiro atoms. The molecule has 0 unspecified atom stereocenters. The van der Waals surface area contributed by atoms with Crippen molar-refractivity contribution in [3.05, 3.63) is 53.6 Å². The number of hydrogen-bond donors (Lipinski definition) is 1. The highest BCUT2D eigenvalue weighted by atomic mass is 32.2. The quantitative estimate of drug-likeness (QED) is 0.888. The highest BCUT2D eigenvalue weighted by Crippen LogP contribution is 2.27. The van der Waals surface area contributed by atoms with E-state index in [2.05, 4.69) is 4.72 Å². The highest BCUT2D eigenvalue weighted by Gasteiger charge is 2.16. The van der Waals surface area contributed by atoms with Gasteiger partial charge in [0.25, 0.3) is 10.0 Å². The van der Waals surface area contributed by atoms with Crippen molar-refractivity contribution in [2.45, 2.75) is 18.4 Å². The van der Waals surface area contributed by atoms with Gasteiger partial charge in [-0.3, -0.25) is 4.72 Å². The maximum Gasteiger partial charge on any atom is 0.261 e. The molecule has 0 aliphatic heterocycles. The van der Waals surface area contributed by atoms with E-state index >= 15 is 0 Å². The largest absolute Gasteiger partial charge is 0.496 e. The molecular weight excluding hydrogens is 302 g/mol. The van der Waals surface area contributed by atoms with Gasteiger partial charge in [-0.15, -0.1) is 0 Å². The van der Waals surface area contributed by atoms with E-state index < -0.39 is 10.0 Å². The summed E-state index contributed by atoms with van der Waals surface area (Å²) in [6.07, 6.45) is 0. The van der Waals surface area contributed by atoms with Gasteiger partial charge in [0, 0.05) is 12.7 Å². The fourth-order valence-electron chi connectivity index (χ4n) is 2.08. The molecule has 2 rings (SSSR count). The molecule has 22 heavy (non-hydrogen) atoms. The molecule has 6 heteroatoms. The lowest BCUT2D eigenvalue weighted by molar-refractivity contribution is 0.185. The van der Waals surface area contributed by atoms with E-state index in [9.17, 15) is 8.42 Å². The lowest BCUT2D eigenvalue weighted by atomic mass is 10.2. The minimum atomic E-state index is -3.64. The van der Waals surface area contributed by atoms with Crippen LogP contribution in [-0.2, 0) is 21.4 Å². The summed E-state index contributed by atoms with van der Waals surface area (Å²) in [5, 5.41) is 0. The van der Waals surface area contributed by atoms with Crippen molar-refractivity contribution in [1.82, 2.24) is 0 Å². The molecule has 0 aliphatic carbocycles. The summed E-state index contributed by atoms with van der Waals surface area (Å²) in [7, 11) is -0.493. The van der Waals surface area contributed by atoms with Crippen LogP contribution in [0.15, 0.2) is 47.4 Å². The van der Waals surface area contributed by atoms with Crippen LogP contribution >= 0.6 is 0 Å². The third-order valence-corrected chi connectivity index (χ3v) is 4.67. The molecule has 0 heterocycles. The number of hydrogen-bond acceptors (Lipinski definition) is 4. The molecular formula is C16H19NO4S. The molecule has 0 amide bonds. The molecule has 0 saturated carbocycles. The fraction of sp³-hybridized carbons (Fsp3) is 0.250. The Balaban J connectivity index is 2.28. The van der Waals surface area contributed by atoms with Crippen molar-refractivity contribution in [3.8, 4) is 5.75 Å². The third-order valence-electron chi connectivity index (χ3n) is 3.29. The number of nitrogens with one attached hydrogen (secondary N) is 1. The number of methoxy groups -OCH3 is 2. The Kier molecular flexibility index (Phi) is 5.05. The van der Waals surface area contributed by atoms with Crippen molar-refractivity contribution >= 4 is 15.7 Å². The molecule has 2 aromatic rings. The van der Waals surface area contributed by atoms with Crippen molar-refractivity contribution in [2.24, 2.45) is 0 Å². The van der Waals surface area contributed by atoms with E-state index in [1.165, 1.54) is 0 Å². The molecule has 0 atom stereocenters. The predicted molar refractivity (Wildman–Crippen MR) is 85.7 cm³/mol. The van der Waals surface area contributed by atoms with E-state index in [1.54, 1.807) is 63.6 Å². The summed E-state index contributed by atoms with van der Waals surface area (Å²) in [5.74, 6) is 0.635. The van der Waals surface area contributed by atoms with Gasteiger partial charge in [-0.1, -0.05) is 18.2 Å². The van der Waals surface area contributed by atoms with Crippen LogP contribution in [0.3, 0.4) is 0 Å². The van der Waals surface area contributed by atoms with Crippen molar-refractivity contribution < 1.29 is 17.9 Å². The number of ether oxygens (including phenoxy) is 2. The van der Waals surface area contributed by atoms with Gasteiger partial charge >= 0.3 is 0 Å². The summed E-state index contributed by atoms with van der Waals surface area (Å²) >= 11 is 0. The van der Waals surface area contributed by atoms with E-state index in [0.29, 0.717) is 18.0 Å². The molecule has 0 fully saturated rings. The first-order valence-corrected chi connectivity index (χ1v) is 8.20. The van der Waals surface area contributed by atoms with Gasteiger partial charge in [-0.2, -0.15) is 0 Å². The lowest BCUT2D eigenvalue weighted by Crippen LogP contribution is -2.14. The van der Waals surface area contributed by atoms with Gasteiger partial charge in [0.05, 0.1) is 24.3 Å². The van der Waals surface area contributed by atoms with Gasteiger partial charge in [0.15, 0.2) is 0 Å². The van der Waals surface area contributed by atoms with Gasteiger partial charge < -0.3 is 9.47 Å². The normalized spacial score (nSPS) is 11.2. The van der Waals surface area contributed by atoms with E-state index in [0.717, 1.165) is 11.1 Å². The van der Waals surface area contributed by atoms with Crippen LogP contribution in [0.5, 0.6) is 5.75 Å². The van der Waals surface area contributed by atoms with E-state index in [1.807, 2.05) is 0 Å². The SMILES string of the molecule is COCc1ccc(S(=O)(=O)Nc2cccc(OC)c2C)cc1. The minimum Gasteiger partial charge on any atom is -0.496 e. The first-order chi connectivity index (χ1) is 10.5. The predicted octanol–water partition coefficient (Wildman–Crippen LogP) is 2.95. The zero-order valence-corrected chi connectivity index (χ0v) is 13.6. The van der Waals surface area contributed by atoms with Crippen LogP contribution in [0.1, 0.15) is 11.1 Å². The number of anilines is 1. The molecule has 5 nitrogen and oxygen atoms in total. The first kappa shape index (κ1) is 16.3. The maximum atomic E-state index is 12.4. The zero-order chi connectivity index (χ0) is 16.2. The summed E-state index contributed by atoms with van der Waals surface area (Å²) in [4.78, 5) is 0.203. The molecule has 0 aromatic heterocycles. The lowest BCUT2D eigenvalue weighted by Gasteiger charge is -2.13. The molecule has 0 bridgehead atoms. The summed E-state index contributed by atoms with van der Waals surface area (Å²) < 4.78 is 37.7. The number of sulfonamides is 1. The van der Waals surface area contributed by atoms with E-state index in [4.69, 9.17) is 9.47 Å². The van der Waals surface area contributed by atoms with Crippen molar-refractivity contribution in [3.63, 3.8) is 0 Å². The Bertz CT molecular complexity index is 739. The zero-order valence-electron chi connectivity index (χ0n) is 12.8. The Labute approximate surface area is 130 Å². The van der Waals surface area contributed by atoms with Crippen molar-refractivity contribution in [2.75, 3.05) is 18.9 Å². The fourth-order valence-corrected chi connectivity index (χ4v) is 3.20. The Hall–Kier alpha value is -2.05. The summed E-state index contributed by atoms with van der Waals surface area (Å²) in [6, 6.07) is 11.8. The van der Waals surface area contributed by atoms with Gasteiger partial charge in [-0.05, 0) is 36.8 Å². The van der Waals surface area contributed by atoms with Gasteiger partial charge in [-0.25, -0.2) is 8.42 Å². The van der Waals surface area contributed by atoms with Gasteiger partial charge in [0.2, 0.25) is 0 Å². The molecule has 0 saturated heterocycles. The monoisotopic (exact) mass is 321 g/mol. The van der Waals surface area contributed by atoms with Crippen LogP contribution in [0.4, 0.5) is 5.69 Å². The second kappa shape index (κ2) is 6.81. The average Bonchev–Trinajstić information content (AvgIpc) is 2.50. The molecule has 0 radical (unpaired) electrons. The average molecular weight is 321 g/mol. The first-order valence-electron chi connectivity index (χ1n) is 6.72. The Morgan fingerprint density at radius 3 is 2.32 bits per heavy atom. The highest BCUT2D eigenvalue weighted by molar-refractivity contribution is 7.92. The van der Waals surface area contributed by atoms with Crippen LogP contribution in [0, 0.1) is 6.92 Å². The minimum absolute atomic E-state index is 0.203. The summed E-state index contributed by atoms with van der Waals surface area (Å²) in [6.45, 7) is 2.25. The second-order valence-corrected chi connectivity index (χ2v) is 6.50. The Morgan fingerprint density at radius 2 is 1.73 bits per heavy atom. The number of benzene rings is 2. The smallest absolute Gasteiger partial charge is 0.261 e. The molecule has 1 N–H and O–H groups in total. The Morgan fingerprint density at radius 1 is 1.05 bits per heavy atom. The summed E-state index contributed by atoms with van der Waals surface area (Å²) in [5.41, 5.74) is 2.16. The molecule has 118 valence electrons. The standard InChI is InChI=1S/C16H19NO4S/c1-12-15(5-4-6-16(12)21-3)17-22(18,19)14-9-7-13(8-10-14)11-20-2/h4-10,17H,11H2,1-3H3. The molecule has 2 aromatic carbocycles. The topological polar surface area (TPSA) is 64.6 Å². The third kappa shape index (κ3) is 3.58. The van der Waals surface area contributed by atoms with Crippen LogP contribution in [0.25, 0.3) is 0 Å². The van der Waals surface area contributed by atoms with Crippen LogP contribution in [-0.4, -0.2) is 22.6 Å². The van der Waals surface area contributed by atoms with Crippen molar-refractivity contribution in [1.29, 1.82) is 0 Å². The number of rotatable bonds is 6. The maximum absolute atomic E-state index is 12.4. The molecule has 0 aliphatic rings. The van der Waals surface area contributed by atoms with Gasteiger partial charge in [0.1, 0.15) is 5.75 Å². The van der Waals surface area contributed by atoms with Crippen LogP contribution < -0.4 is 9.46 Å². The second-order valence-electron chi connectivity index (χ2n) is 4.82.